The zero-order valence-corrected chi connectivity index (χ0v) is 9.96. The molecule has 1 nitrogen and oxygen atoms in total. The van der Waals surface area contributed by atoms with Gasteiger partial charge in [0.1, 0.15) is 0 Å². The van der Waals surface area contributed by atoms with Crippen LogP contribution in [0.4, 0.5) is 0 Å². The van der Waals surface area contributed by atoms with E-state index < -0.39 is 0 Å². The predicted molar refractivity (Wildman–Crippen MR) is 65.1 cm³/mol. The second kappa shape index (κ2) is 3.64. The van der Waals surface area contributed by atoms with Crippen LogP contribution in [0, 0.1) is 0 Å². The molecule has 0 radical (unpaired) electrons. The lowest BCUT2D eigenvalue weighted by Crippen LogP contribution is -2.38. The molecule has 1 aromatic rings. The highest BCUT2D eigenvalue weighted by atomic mass is 14.7. The summed E-state index contributed by atoms with van der Waals surface area (Å²) >= 11 is 0. The van der Waals surface area contributed by atoms with Crippen molar-refractivity contribution >= 4 is 0 Å². The fourth-order valence-corrected chi connectivity index (χ4v) is 1.86. The molecule has 0 amide bonds. The molecular formula is C14H21N. The monoisotopic (exact) mass is 203 g/mol. The van der Waals surface area contributed by atoms with Crippen LogP contribution < -0.4 is 5.73 Å². The minimum absolute atomic E-state index is 0.0715. The molecule has 0 heterocycles. The zero-order chi connectivity index (χ0) is 11.1. The summed E-state index contributed by atoms with van der Waals surface area (Å²) in [4.78, 5) is 0. The molecule has 1 fully saturated rings. The van der Waals surface area contributed by atoms with Crippen LogP contribution in [-0.2, 0) is 5.41 Å². The Morgan fingerprint density at radius 1 is 1.20 bits per heavy atom. The van der Waals surface area contributed by atoms with Gasteiger partial charge in [0.15, 0.2) is 0 Å². The third-order valence-electron chi connectivity index (χ3n) is 3.84. The number of hydrogen-bond acceptors (Lipinski definition) is 1. The molecule has 15 heavy (non-hydrogen) atoms. The largest absolute Gasteiger partial charge is 0.327 e. The van der Waals surface area contributed by atoms with E-state index in [1.54, 1.807) is 0 Å². The van der Waals surface area contributed by atoms with Gasteiger partial charge in [0.05, 0.1) is 0 Å². The quantitative estimate of drug-likeness (QED) is 0.802. The molecule has 2 N–H and O–H groups in total. The SMILES string of the molecule is CC(N)C(C)(C)c1ccc(C2CC2)cc1. The maximum atomic E-state index is 6.01. The number of rotatable bonds is 3. The Bertz CT molecular complexity index is 331. The molecule has 1 heteroatoms. The van der Waals surface area contributed by atoms with E-state index >= 15 is 0 Å². The van der Waals surface area contributed by atoms with Gasteiger partial charge in [-0.2, -0.15) is 0 Å². The van der Waals surface area contributed by atoms with E-state index in [9.17, 15) is 0 Å². The third kappa shape index (κ3) is 2.07. The maximum absolute atomic E-state index is 6.01. The Balaban J connectivity index is 2.22. The minimum atomic E-state index is 0.0715. The molecule has 0 aliphatic heterocycles. The second-order valence-corrected chi connectivity index (χ2v) is 5.41. The minimum Gasteiger partial charge on any atom is -0.327 e. The molecule has 2 rings (SSSR count). The van der Waals surface area contributed by atoms with Gasteiger partial charge >= 0.3 is 0 Å². The van der Waals surface area contributed by atoms with Crippen molar-refractivity contribution in [1.82, 2.24) is 0 Å². The van der Waals surface area contributed by atoms with Gasteiger partial charge in [0.2, 0.25) is 0 Å². The molecule has 0 spiro atoms. The Hall–Kier alpha value is -0.820. The van der Waals surface area contributed by atoms with Crippen LogP contribution in [0.25, 0.3) is 0 Å². The highest BCUT2D eigenvalue weighted by Gasteiger charge is 2.27. The van der Waals surface area contributed by atoms with Crippen LogP contribution in [-0.4, -0.2) is 6.04 Å². The van der Waals surface area contributed by atoms with Gasteiger partial charge < -0.3 is 5.73 Å². The van der Waals surface area contributed by atoms with Crippen molar-refractivity contribution in [2.75, 3.05) is 0 Å². The van der Waals surface area contributed by atoms with Gasteiger partial charge in [-0.15, -0.1) is 0 Å². The molecule has 1 aliphatic carbocycles. The van der Waals surface area contributed by atoms with Crippen LogP contribution in [0.3, 0.4) is 0 Å². The van der Waals surface area contributed by atoms with Gasteiger partial charge in [-0.1, -0.05) is 38.1 Å². The number of hydrogen-bond donors (Lipinski definition) is 1. The molecule has 1 unspecified atom stereocenters. The summed E-state index contributed by atoms with van der Waals surface area (Å²) in [5.74, 6) is 0.845. The highest BCUT2D eigenvalue weighted by molar-refractivity contribution is 5.32. The molecule has 1 atom stereocenters. The van der Waals surface area contributed by atoms with Crippen molar-refractivity contribution in [1.29, 1.82) is 0 Å². The molecule has 1 aromatic carbocycles. The lowest BCUT2D eigenvalue weighted by molar-refractivity contribution is 0.434. The van der Waals surface area contributed by atoms with E-state index in [0.717, 1.165) is 5.92 Å². The van der Waals surface area contributed by atoms with Crippen LogP contribution >= 0.6 is 0 Å². The summed E-state index contributed by atoms with van der Waals surface area (Å²) in [5, 5.41) is 0. The fourth-order valence-electron chi connectivity index (χ4n) is 1.86. The Kier molecular flexibility index (Phi) is 2.59. The first-order valence-corrected chi connectivity index (χ1v) is 5.88. The second-order valence-electron chi connectivity index (χ2n) is 5.41. The van der Waals surface area contributed by atoms with Crippen molar-refractivity contribution in [3.63, 3.8) is 0 Å². The van der Waals surface area contributed by atoms with Gasteiger partial charge in [-0.3, -0.25) is 0 Å². The standard InChI is InChI=1S/C14H21N/c1-10(15)14(2,3)13-8-6-12(7-9-13)11-4-5-11/h6-11H,4-5,15H2,1-3H3. The normalized spacial score (nSPS) is 18.9. The van der Waals surface area contributed by atoms with Gasteiger partial charge in [-0.05, 0) is 36.8 Å². The highest BCUT2D eigenvalue weighted by Crippen LogP contribution is 2.40. The summed E-state index contributed by atoms with van der Waals surface area (Å²) in [6, 6.07) is 9.23. The van der Waals surface area contributed by atoms with Crippen LogP contribution in [0.15, 0.2) is 24.3 Å². The molecule has 82 valence electrons. The first-order valence-electron chi connectivity index (χ1n) is 5.88. The van der Waals surface area contributed by atoms with E-state index in [1.165, 1.54) is 24.0 Å². The first-order chi connectivity index (χ1) is 7.01. The average Bonchev–Trinajstić information content (AvgIpc) is 3.01. The Labute approximate surface area is 92.7 Å². The summed E-state index contributed by atoms with van der Waals surface area (Å²) < 4.78 is 0. The lowest BCUT2D eigenvalue weighted by Gasteiger charge is -2.29. The average molecular weight is 203 g/mol. The molecule has 1 aliphatic rings. The number of benzene rings is 1. The van der Waals surface area contributed by atoms with Crippen molar-refractivity contribution in [3.05, 3.63) is 35.4 Å². The molecule has 0 aromatic heterocycles. The summed E-state index contributed by atoms with van der Waals surface area (Å²) in [7, 11) is 0. The van der Waals surface area contributed by atoms with Crippen molar-refractivity contribution in [3.8, 4) is 0 Å². The maximum Gasteiger partial charge on any atom is 0.0102 e. The van der Waals surface area contributed by atoms with Crippen LogP contribution in [0.1, 0.15) is 50.7 Å². The van der Waals surface area contributed by atoms with Crippen molar-refractivity contribution in [2.45, 2.75) is 51.0 Å². The van der Waals surface area contributed by atoms with E-state index in [4.69, 9.17) is 5.73 Å². The molecular weight excluding hydrogens is 182 g/mol. The van der Waals surface area contributed by atoms with E-state index in [0.29, 0.717) is 0 Å². The Morgan fingerprint density at radius 2 is 1.73 bits per heavy atom. The summed E-state index contributed by atoms with van der Waals surface area (Å²) in [6.45, 7) is 6.50. The summed E-state index contributed by atoms with van der Waals surface area (Å²) in [6.07, 6.45) is 2.74. The van der Waals surface area contributed by atoms with Crippen LogP contribution in [0.5, 0.6) is 0 Å². The van der Waals surface area contributed by atoms with Crippen molar-refractivity contribution in [2.24, 2.45) is 5.73 Å². The van der Waals surface area contributed by atoms with E-state index in [1.807, 2.05) is 0 Å². The predicted octanol–water partition coefficient (Wildman–Crippen LogP) is 3.19. The van der Waals surface area contributed by atoms with Crippen LogP contribution in [0.2, 0.25) is 0 Å². The lowest BCUT2D eigenvalue weighted by atomic mass is 9.78. The van der Waals surface area contributed by atoms with E-state index in [-0.39, 0.29) is 11.5 Å². The number of nitrogens with two attached hydrogens (primary N) is 1. The molecule has 0 bridgehead atoms. The van der Waals surface area contributed by atoms with Gasteiger partial charge in [0.25, 0.3) is 0 Å². The molecule has 1 saturated carbocycles. The topological polar surface area (TPSA) is 26.0 Å². The van der Waals surface area contributed by atoms with Crippen molar-refractivity contribution < 1.29 is 0 Å². The Morgan fingerprint density at radius 3 is 2.13 bits per heavy atom. The van der Waals surface area contributed by atoms with Gasteiger partial charge in [0, 0.05) is 11.5 Å². The zero-order valence-electron chi connectivity index (χ0n) is 9.96. The van der Waals surface area contributed by atoms with E-state index in [2.05, 4.69) is 45.0 Å². The summed E-state index contributed by atoms with van der Waals surface area (Å²) in [5.41, 5.74) is 8.93. The van der Waals surface area contributed by atoms with Gasteiger partial charge in [-0.25, -0.2) is 0 Å². The smallest absolute Gasteiger partial charge is 0.0102 e. The molecule has 0 saturated heterocycles. The fraction of sp³-hybridized carbons (Fsp3) is 0.571. The third-order valence-corrected chi connectivity index (χ3v) is 3.84. The first kappa shape index (κ1) is 10.7.